The van der Waals surface area contributed by atoms with Crippen LogP contribution in [0.3, 0.4) is 0 Å². The van der Waals surface area contributed by atoms with E-state index in [4.69, 9.17) is 4.74 Å². The van der Waals surface area contributed by atoms with Crippen molar-refractivity contribution in [1.29, 1.82) is 0 Å². The Morgan fingerprint density at radius 2 is 1.55 bits per heavy atom. The van der Waals surface area contributed by atoms with Crippen molar-refractivity contribution < 1.29 is 4.74 Å². The molecule has 1 aliphatic heterocycles. The van der Waals surface area contributed by atoms with Gasteiger partial charge in [-0.2, -0.15) is 0 Å². The molecule has 0 aromatic carbocycles. The molecule has 128 valence electrons. The molecule has 0 aromatic rings. The van der Waals surface area contributed by atoms with Crippen molar-refractivity contribution in [2.45, 2.75) is 90.5 Å². The standard InChI is InChI=1S/C20H37NO/c1-4-6-8-10-11-13-15-20(3,14-12-9-7-5-2)21-16-18-22-19-17-21/h4-12,14,16-19H2,1-3H3. The largest absolute Gasteiger partial charge is 0.379 e. The fraction of sp³-hybridized carbons (Fsp3) is 0.900. The SMILES string of the molecule is CCCCCCC#CC(C)(CCCCCC)N1CCOCC1. The van der Waals surface area contributed by atoms with Crippen LogP contribution in [0.25, 0.3) is 0 Å². The topological polar surface area (TPSA) is 12.5 Å². The van der Waals surface area contributed by atoms with Crippen molar-refractivity contribution in [3.63, 3.8) is 0 Å². The molecule has 1 unspecified atom stereocenters. The van der Waals surface area contributed by atoms with Gasteiger partial charge in [-0.1, -0.05) is 64.7 Å². The van der Waals surface area contributed by atoms with E-state index >= 15 is 0 Å². The van der Waals surface area contributed by atoms with E-state index in [1.807, 2.05) is 0 Å². The average molecular weight is 308 g/mol. The van der Waals surface area contributed by atoms with Crippen LogP contribution in [-0.2, 0) is 4.74 Å². The predicted octanol–water partition coefficient (Wildman–Crippen LogP) is 5.02. The lowest BCUT2D eigenvalue weighted by atomic mass is 9.91. The van der Waals surface area contributed by atoms with Gasteiger partial charge in [0.25, 0.3) is 0 Å². The normalized spacial score (nSPS) is 18.5. The minimum atomic E-state index is 0.0578. The van der Waals surface area contributed by atoms with Gasteiger partial charge in [0.1, 0.15) is 0 Å². The quantitative estimate of drug-likeness (QED) is 0.415. The Morgan fingerprint density at radius 3 is 2.18 bits per heavy atom. The van der Waals surface area contributed by atoms with Crippen molar-refractivity contribution in [1.82, 2.24) is 4.90 Å². The summed E-state index contributed by atoms with van der Waals surface area (Å²) in [5.74, 6) is 7.13. The van der Waals surface area contributed by atoms with Gasteiger partial charge in [0.05, 0.1) is 18.8 Å². The third-order valence-corrected chi connectivity index (χ3v) is 4.74. The lowest BCUT2D eigenvalue weighted by molar-refractivity contribution is -0.000631. The molecule has 2 nitrogen and oxygen atoms in total. The van der Waals surface area contributed by atoms with E-state index in [2.05, 4.69) is 37.5 Å². The summed E-state index contributed by atoms with van der Waals surface area (Å²) in [6, 6.07) is 0. The molecule has 0 spiro atoms. The van der Waals surface area contributed by atoms with E-state index in [1.54, 1.807) is 0 Å². The zero-order valence-electron chi connectivity index (χ0n) is 15.3. The van der Waals surface area contributed by atoms with Crippen LogP contribution in [0.4, 0.5) is 0 Å². The van der Waals surface area contributed by atoms with Crippen molar-refractivity contribution >= 4 is 0 Å². The minimum absolute atomic E-state index is 0.0578. The van der Waals surface area contributed by atoms with Crippen molar-refractivity contribution in [2.75, 3.05) is 26.3 Å². The first kappa shape index (κ1) is 19.5. The lowest BCUT2D eigenvalue weighted by Crippen LogP contribution is -2.51. The maximum Gasteiger partial charge on any atom is 0.0798 e. The first-order chi connectivity index (χ1) is 10.7. The molecule has 1 atom stereocenters. The molecule has 1 aliphatic rings. The number of hydrogen-bond donors (Lipinski definition) is 0. The van der Waals surface area contributed by atoms with Crippen molar-refractivity contribution in [2.24, 2.45) is 0 Å². The van der Waals surface area contributed by atoms with Gasteiger partial charge in [0, 0.05) is 19.5 Å². The summed E-state index contributed by atoms with van der Waals surface area (Å²) >= 11 is 0. The van der Waals surface area contributed by atoms with Crippen LogP contribution in [0, 0.1) is 11.8 Å². The van der Waals surface area contributed by atoms with E-state index < -0.39 is 0 Å². The average Bonchev–Trinajstić information content (AvgIpc) is 2.56. The molecule has 0 bridgehead atoms. The van der Waals surface area contributed by atoms with Gasteiger partial charge < -0.3 is 4.74 Å². The third kappa shape index (κ3) is 7.65. The van der Waals surface area contributed by atoms with Crippen molar-refractivity contribution in [3.05, 3.63) is 0 Å². The van der Waals surface area contributed by atoms with Gasteiger partial charge in [-0.25, -0.2) is 0 Å². The van der Waals surface area contributed by atoms with E-state index in [9.17, 15) is 0 Å². The Morgan fingerprint density at radius 1 is 0.909 bits per heavy atom. The summed E-state index contributed by atoms with van der Waals surface area (Å²) in [4.78, 5) is 2.56. The minimum Gasteiger partial charge on any atom is -0.379 e. The van der Waals surface area contributed by atoms with Gasteiger partial charge in [0.2, 0.25) is 0 Å². The maximum absolute atomic E-state index is 5.52. The molecule has 0 N–H and O–H groups in total. The Kier molecular flexibility index (Phi) is 10.6. The summed E-state index contributed by atoms with van der Waals surface area (Å²) in [6.07, 6.45) is 12.8. The number of morpholine rings is 1. The monoisotopic (exact) mass is 307 g/mol. The molecule has 1 saturated heterocycles. The molecule has 1 rings (SSSR count). The Labute approximate surface area is 139 Å². The molecule has 22 heavy (non-hydrogen) atoms. The van der Waals surface area contributed by atoms with Crippen LogP contribution in [0.5, 0.6) is 0 Å². The van der Waals surface area contributed by atoms with Gasteiger partial charge in [-0.15, -0.1) is 5.92 Å². The molecule has 0 radical (unpaired) electrons. The van der Waals surface area contributed by atoms with Crippen LogP contribution < -0.4 is 0 Å². The third-order valence-electron chi connectivity index (χ3n) is 4.74. The van der Waals surface area contributed by atoms with Crippen LogP contribution in [-0.4, -0.2) is 36.7 Å². The number of rotatable bonds is 10. The van der Waals surface area contributed by atoms with Gasteiger partial charge >= 0.3 is 0 Å². The van der Waals surface area contributed by atoms with Crippen LogP contribution in [0.1, 0.15) is 85.0 Å². The molecular weight excluding hydrogens is 270 g/mol. The predicted molar refractivity (Wildman–Crippen MR) is 96.1 cm³/mol. The summed E-state index contributed by atoms with van der Waals surface area (Å²) < 4.78 is 5.52. The fourth-order valence-electron chi connectivity index (χ4n) is 3.15. The summed E-state index contributed by atoms with van der Waals surface area (Å²) in [6.45, 7) is 10.7. The Bertz CT molecular complexity index is 324. The maximum atomic E-state index is 5.52. The number of hydrogen-bond acceptors (Lipinski definition) is 2. The van der Waals surface area contributed by atoms with Crippen LogP contribution >= 0.6 is 0 Å². The number of unbranched alkanes of at least 4 members (excludes halogenated alkanes) is 7. The lowest BCUT2D eigenvalue weighted by Gasteiger charge is -2.40. The molecule has 0 amide bonds. The van der Waals surface area contributed by atoms with E-state index in [0.29, 0.717) is 0 Å². The summed E-state index contributed by atoms with van der Waals surface area (Å²) in [5, 5.41) is 0. The summed E-state index contributed by atoms with van der Waals surface area (Å²) in [5.41, 5.74) is 0.0578. The molecule has 1 fully saturated rings. The number of ether oxygens (including phenoxy) is 1. The van der Waals surface area contributed by atoms with Gasteiger partial charge in [-0.3, -0.25) is 4.90 Å². The zero-order valence-corrected chi connectivity index (χ0v) is 15.3. The van der Waals surface area contributed by atoms with Gasteiger partial charge in [0.15, 0.2) is 0 Å². The van der Waals surface area contributed by atoms with E-state index in [1.165, 1.54) is 57.8 Å². The van der Waals surface area contributed by atoms with E-state index in [-0.39, 0.29) is 5.54 Å². The highest BCUT2D eigenvalue weighted by Crippen LogP contribution is 2.23. The molecule has 0 aliphatic carbocycles. The Balaban J connectivity index is 2.50. The second kappa shape index (κ2) is 12.0. The number of nitrogens with zero attached hydrogens (tertiary/aromatic N) is 1. The fourth-order valence-corrected chi connectivity index (χ4v) is 3.15. The molecule has 1 heterocycles. The first-order valence-electron chi connectivity index (χ1n) is 9.55. The Hall–Kier alpha value is -0.520. The first-order valence-corrected chi connectivity index (χ1v) is 9.55. The summed E-state index contributed by atoms with van der Waals surface area (Å²) in [7, 11) is 0. The van der Waals surface area contributed by atoms with E-state index in [0.717, 1.165) is 32.7 Å². The molecule has 0 aromatic heterocycles. The van der Waals surface area contributed by atoms with Crippen LogP contribution in [0.15, 0.2) is 0 Å². The highest BCUT2D eigenvalue weighted by Gasteiger charge is 2.30. The van der Waals surface area contributed by atoms with Crippen molar-refractivity contribution in [3.8, 4) is 11.8 Å². The smallest absolute Gasteiger partial charge is 0.0798 e. The molecular formula is C20H37NO. The molecule has 2 heteroatoms. The highest BCUT2D eigenvalue weighted by atomic mass is 16.5. The van der Waals surface area contributed by atoms with Crippen LogP contribution in [0.2, 0.25) is 0 Å². The second-order valence-corrected chi connectivity index (χ2v) is 6.80. The highest BCUT2D eigenvalue weighted by molar-refractivity contribution is 5.17. The molecule has 0 saturated carbocycles. The zero-order chi connectivity index (χ0) is 16.1. The second-order valence-electron chi connectivity index (χ2n) is 6.80. The van der Waals surface area contributed by atoms with Gasteiger partial charge in [-0.05, 0) is 19.8 Å².